The number of hydrogen-bond donors (Lipinski definition) is 1. The first-order valence-electron chi connectivity index (χ1n) is 5.71. The van der Waals surface area contributed by atoms with Gasteiger partial charge in [0.2, 0.25) is 0 Å². The summed E-state index contributed by atoms with van der Waals surface area (Å²) in [7, 11) is 1.63. The summed E-state index contributed by atoms with van der Waals surface area (Å²) in [6.07, 6.45) is 0. The van der Waals surface area contributed by atoms with Gasteiger partial charge in [-0.25, -0.2) is 0 Å². The lowest BCUT2D eigenvalue weighted by Gasteiger charge is -2.12. The maximum atomic E-state index is 5.91. The lowest BCUT2D eigenvalue weighted by Crippen LogP contribution is -2.00. The van der Waals surface area contributed by atoms with Gasteiger partial charge in [0.1, 0.15) is 12.4 Å². The zero-order valence-corrected chi connectivity index (χ0v) is 14.5. The van der Waals surface area contributed by atoms with Crippen molar-refractivity contribution in [1.82, 2.24) is 0 Å². The third kappa shape index (κ3) is 3.59. The van der Waals surface area contributed by atoms with Gasteiger partial charge in [-0.2, -0.15) is 0 Å². The van der Waals surface area contributed by atoms with Gasteiger partial charge in [0.15, 0.2) is 5.75 Å². The van der Waals surface area contributed by atoms with Crippen molar-refractivity contribution < 1.29 is 9.47 Å². The van der Waals surface area contributed by atoms with Crippen LogP contribution in [0.25, 0.3) is 0 Å². The normalized spacial score (nSPS) is 10.4. The van der Waals surface area contributed by atoms with Crippen LogP contribution in [0.1, 0.15) is 5.56 Å². The second-order valence-corrected chi connectivity index (χ2v) is 6.21. The average molecular weight is 422 g/mol. The van der Waals surface area contributed by atoms with E-state index in [1.165, 1.54) is 0 Å². The van der Waals surface area contributed by atoms with Gasteiger partial charge in [-0.3, -0.25) is 0 Å². The molecular formula is C14H12Br2ClNO2. The number of nitrogens with two attached hydrogens (primary N) is 1. The van der Waals surface area contributed by atoms with Crippen LogP contribution in [0.3, 0.4) is 0 Å². The molecule has 0 radical (unpaired) electrons. The van der Waals surface area contributed by atoms with Crippen LogP contribution < -0.4 is 15.2 Å². The molecular weight excluding hydrogens is 409 g/mol. The molecule has 6 heteroatoms. The molecule has 0 aliphatic heterocycles. The Kier molecular flexibility index (Phi) is 5.18. The van der Waals surface area contributed by atoms with Crippen LogP contribution in [-0.2, 0) is 6.61 Å². The third-order valence-corrected chi connectivity index (χ3v) is 4.06. The predicted octanol–water partition coefficient (Wildman–Crippen LogP) is 5.03. The van der Waals surface area contributed by atoms with Crippen molar-refractivity contribution in [2.45, 2.75) is 6.61 Å². The van der Waals surface area contributed by atoms with E-state index in [-0.39, 0.29) is 0 Å². The highest BCUT2D eigenvalue weighted by Gasteiger charge is 2.09. The molecule has 0 heterocycles. The van der Waals surface area contributed by atoms with Gasteiger partial charge < -0.3 is 15.2 Å². The van der Waals surface area contributed by atoms with Crippen molar-refractivity contribution >= 4 is 49.1 Å². The first-order valence-corrected chi connectivity index (χ1v) is 7.67. The van der Waals surface area contributed by atoms with Gasteiger partial charge >= 0.3 is 0 Å². The molecule has 2 aromatic carbocycles. The molecule has 0 saturated heterocycles. The summed E-state index contributed by atoms with van der Waals surface area (Å²) in [5, 5.41) is 0.564. The summed E-state index contributed by atoms with van der Waals surface area (Å²) < 4.78 is 12.5. The zero-order chi connectivity index (χ0) is 14.7. The Hall–Kier alpha value is -0.910. The summed E-state index contributed by atoms with van der Waals surface area (Å²) in [4.78, 5) is 0. The fraction of sp³-hybridized carbons (Fsp3) is 0.143. The topological polar surface area (TPSA) is 44.5 Å². The lowest BCUT2D eigenvalue weighted by molar-refractivity contribution is 0.305. The summed E-state index contributed by atoms with van der Waals surface area (Å²) in [5.74, 6) is 1.36. The number of hydrogen-bond acceptors (Lipinski definition) is 3. The summed E-state index contributed by atoms with van der Waals surface area (Å²) in [6.45, 7) is 0.396. The number of halogens is 3. The number of anilines is 1. The maximum Gasteiger partial charge on any atom is 0.156 e. The second kappa shape index (κ2) is 6.70. The Bertz CT molecular complexity index is 612. The maximum absolute atomic E-state index is 5.91. The van der Waals surface area contributed by atoms with Crippen LogP contribution >= 0.6 is 43.5 Å². The van der Waals surface area contributed by atoms with Gasteiger partial charge in [-0.05, 0) is 61.7 Å². The smallest absolute Gasteiger partial charge is 0.156 e. The van der Waals surface area contributed by atoms with Gasteiger partial charge in [-0.1, -0.05) is 17.7 Å². The number of benzene rings is 2. The number of nitrogen functional groups attached to an aromatic ring is 1. The number of methoxy groups -OCH3 is 1. The Balaban J connectivity index is 2.15. The molecule has 0 saturated carbocycles. The van der Waals surface area contributed by atoms with Crippen LogP contribution in [0.4, 0.5) is 5.69 Å². The molecule has 106 valence electrons. The van der Waals surface area contributed by atoms with Crippen LogP contribution in [0, 0.1) is 0 Å². The van der Waals surface area contributed by atoms with E-state index in [9.17, 15) is 0 Å². The van der Waals surface area contributed by atoms with E-state index in [2.05, 4.69) is 31.9 Å². The highest BCUT2D eigenvalue weighted by molar-refractivity contribution is 9.10. The Morgan fingerprint density at radius 1 is 1.15 bits per heavy atom. The predicted molar refractivity (Wildman–Crippen MR) is 88.6 cm³/mol. The largest absolute Gasteiger partial charge is 0.496 e. The van der Waals surface area contributed by atoms with Gasteiger partial charge in [-0.15, -0.1) is 0 Å². The molecule has 0 fully saturated rings. The minimum absolute atomic E-state index is 0.396. The molecule has 2 rings (SSSR count). The summed E-state index contributed by atoms with van der Waals surface area (Å²) >= 11 is 12.7. The molecule has 0 spiro atoms. The average Bonchev–Trinajstić information content (AvgIpc) is 2.37. The van der Waals surface area contributed by atoms with E-state index in [0.29, 0.717) is 23.1 Å². The monoisotopic (exact) mass is 419 g/mol. The van der Waals surface area contributed by atoms with E-state index < -0.39 is 0 Å². The van der Waals surface area contributed by atoms with E-state index in [1.54, 1.807) is 19.2 Å². The Labute approximate surface area is 139 Å². The molecule has 0 atom stereocenters. The molecule has 0 aliphatic carbocycles. The van der Waals surface area contributed by atoms with Crippen LogP contribution in [0.15, 0.2) is 39.3 Å². The van der Waals surface area contributed by atoms with E-state index in [4.69, 9.17) is 26.8 Å². The molecule has 2 N–H and O–H groups in total. The quantitative estimate of drug-likeness (QED) is 0.704. The minimum Gasteiger partial charge on any atom is -0.496 e. The van der Waals surface area contributed by atoms with E-state index in [0.717, 1.165) is 20.3 Å². The lowest BCUT2D eigenvalue weighted by atomic mass is 10.2. The van der Waals surface area contributed by atoms with Crippen molar-refractivity contribution in [3.8, 4) is 11.5 Å². The van der Waals surface area contributed by atoms with Crippen LogP contribution in [0.5, 0.6) is 11.5 Å². The van der Waals surface area contributed by atoms with Crippen molar-refractivity contribution in [3.05, 3.63) is 49.9 Å². The fourth-order valence-electron chi connectivity index (χ4n) is 1.69. The fourth-order valence-corrected chi connectivity index (χ4v) is 3.22. The summed E-state index contributed by atoms with van der Waals surface area (Å²) in [6, 6.07) is 9.16. The van der Waals surface area contributed by atoms with Gasteiger partial charge in [0.25, 0.3) is 0 Å². The Morgan fingerprint density at radius 3 is 2.50 bits per heavy atom. The molecule has 0 unspecified atom stereocenters. The zero-order valence-electron chi connectivity index (χ0n) is 10.6. The van der Waals surface area contributed by atoms with E-state index in [1.807, 2.05) is 18.2 Å². The van der Waals surface area contributed by atoms with Crippen molar-refractivity contribution in [2.24, 2.45) is 0 Å². The van der Waals surface area contributed by atoms with Crippen LogP contribution in [-0.4, -0.2) is 7.11 Å². The second-order valence-electron chi connectivity index (χ2n) is 4.06. The van der Waals surface area contributed by atoms with Crippen molar-refractivity contribution in [1.29, 1.82) is 0 Å². The van der Waals surface area contributed by atoms with Crippen molar-refractivity contribution in [2.75, 3.05) is 12.8 Å². The first-order chi connectivity index (χ1) is 9.51. The summed E-state index contributed by atoms with van der Waals surface area (Å²) in [5.41, 5.74) is 7.39. The number of ether oxygens (including phenoxy) is 2. The van der Waals surface area contributed by atoms with E-state index >= 15 is 0 Å². The molecule has 0 aromatic heterocycles. The highest BCUT2D eigenvalue weighted by Crippen LogP contribution is 2.35. The molecule has 3 nitrogen and oxygen atoms in total. The van der Waals surface area contributed by atoms with Crippen LogP contribution in [0.2, 0.25) is 5.02 Å². The molecule has 20 heavy (non-hydrogen) atoms. The third-order valence-electron chi connectivity index (χ3n) is 2.64. The minimum atomic E-state index is 0.396. The molecule has 0 aliphatic rings. The molecule has 2 aromatic rings. The number of rotatable bonds is 4. The first kappa shape index (κ1) is 15.5. The van der Waals surface area contributed by atoms with Gasteiger partial charge in [0.05, 0.1) is 21.7 Å². The molecule has 0 amide bonds. The highest BCUT2D eigenvalue weighted by atomic mass is 79.9. The van der Waals surface area contributed by atoms with Crippen molar-refractivity contribution in [3.63, 3.8) is 0 Å². The SMILES string of the molecule is COc1ccc(COc2c(N)cc(Cl)cc2Br)cc1Br. The molecule has 0 bridgehead atoms. The Morgan fingerprint density at radius 2 is 1.90 bits per heavy atom. The van der Waals surface area contributed by atoms with Gasteiger partial charge in [0, 0.05) is 5.02 Å². The standard InChI is InChI=1S/C14H12Br2ClNO2/c1-19-13-3-2-8(4-10(13)15)7-20-14-11(16)5-9(17)6-12(14)18/h2-6H,7,18H2,1H3.